The summed E-state index contributed by atoms with van der Waals surface area (Å²) in [7, 11) is 0. The number of hydrogen-bond acceptors (Lipinski definition) is 7. The summed E-state index contributed by atoms with van der Waals surface area (Å²) in [6.07, 6.45) is 5.37. The standard InChI is InChI=1S/C27H42N2O6.Li/c1-26(2,3)35-25(32)29-21-10-8-16-28-22(21)17-33-19-14-12-18(13-15-19)20-9-6-7-11-23(20)34-27(4,5)24(30)31;/h6-7,9,11,18-19,21-22,28H,8,10,12-17H2,1-5H3,(H,29,32)(H,30,31);/q;+1/p-1. The van der Waals surface area contributed by atoms with Gasteiger partial charge in [-0.25, -0.2) is 4.79 Å². The molecule has 2 N–H and O–H groups in total. The Kier molecular flexibility index (Phi) is 11.2. The number of carbonyl (C=O) groups excluding carboxylic acids is 2. The molecular weight excluding hydrogens is 455 g/mol. The summed E-state index contributed by atoms with van der Waals surface area (Å²) < 4.78 is 17.5. The molecule has 1 saturated carbocycles. The summed E-state index contributed by atoms with van der Waals surface area (Å²) in [6, 6.07) is 7.70. The maximum Gasteiger partial charge on any atom is 1.00 e. The maximum absolute atomic E-state index is 12.3. The van der Waals surface area contributed by atoms with Crippen molar-refractivity contribution in [2.24, 2.45) is 0 Å². The van der Waals surface area contributed by atoms with E-state index in [2.05, 4.69) is 10.6 Å². The third-order valence-corrected chi connectivity index (χ3v) is 6.69. The van der Waals surface area contributed by atoms with E-state index in [0.717, 1.165) is 50.6 Å². The first-order valence-corrected chi connectivity index (χ1v) is 12.8. The normalized spacial score (nSPS) is 24.8. The van der Waals surface area contributed by atoms with Crippen LogP contribution in [0.5, 0.6) is 5.75 Å². The molecule has 1 heterocycles. The van der Waals surface area contributed by atoms with Gasteiger partial charge in [0.2, 0.25) is 0 Å². The zero-order chi connectivity index (χ0) is 25.6. The molecule has 1 aliphatic carbocycles. The Hall–Kier alpha value is -1.72. The van der Waals surface area contributed by atoms with Crippen LogP contribution in [0.4, 0.5) is 4.79 Å². The number of carboxylic acids is 1. The molecule has 1 aromatic carbocycles. The first-order valence-electron chi connectivity index (χ1n) is 12.8. The summed E-state index contributed by atoms with van der Waals surface area (Å²) in [5, 5.41) is 17.9. The molecule has 2 unspecified atom stereocenters. The first kappa shape index (κ1) is 30.5. The van der Waals surface area contributed by atoms with Crippen LogP contribution in [0.3, 0.4) is 0 Å². The van der Waals surface area contributed by atoms with E-state index >= 15 is 0 Å². The maximum atomic E-state index is 12.3. The van der Waals surface area contributed by atoms with E-state index in [0.29, 0.717) is 12.4 Å². The number of carboxylic acid groups (broad SMARTS) is 1. The van der Waals surface area contributed by atoms with Crippen LogP contribution in [0.1, 0.15) is 84.6 Å². The number of carbonyl (C=O) groups is 2. The molecule has 0 bridgehead atoms. The Morgan fingerprint density at radius 1 is 1.06 bits per heavy atom. The van der Waals surface area contributed by atoms with Crippen LogP contribution in [-0.2, 0) is 14.3 Å². The number of alkyl carbamates (subject to hydrolysis) is 1. The first-order chi connectivity index (χ1) is 16.4. The van der Waals surface area contributed by atoms with Crippen LogP contribution in [-0.4, -0.2) is 54.6 Å². The van der Waals surface area contributed by atoms with Gasteiger partial charge in [-0.1, -0.05) is 18.2 Å². The molecule has 196 valence electrons. The Morgan fingerprint density at radius 2 is 1.72 bits per heavy atom. The van der Waals surface area contributed by atoms with E-state index in [1.165, 1.54) is 13.8 Å². The number of ether oxygens (including phenoxy) is 3. The topological polar surface area (TPSA) is 109 Å². The number of para-hydroxylation sites is 1. The van der Waals surface area contributed by atoms with Gasteiger partial charge >= 0.3 is 25.0 Å². The van der Waals surface area contributed by atoms with Crippen molar-refractivity contribution in [3.63, 3.8) is 0 Å². The second kappa shape index (κ2) is 13.2. The van der Waals surface area contributed by atoms with Crippen molar-refractivity contribution < 1.29 is 47.8 Å². The van der Waals surface area contributed by atoms with Gasteiger partial charge in [-0.2, -0.15) is 0 Å². The predicted molar refractivity (Wildman–Crippen MR) is 131 cm³/mol. The minimum absolute atomic E-state index is 0. The molecule has 1 aromatic rings. The SMILES string of the molecule is CC(C)(C)OC(=O)NC1CCCNC1COC1CCC(c2ccccc2OC(C)(C)C(=O)[O-])CC1.[Li+]. The zero-order valence-electron chi connectivity index (χ0n) is 22.7. The van der Waals surface area contributed by atoms with E-state index < -0.39 is 17.2 Å². The molecular formula is C27H41LiN2O6. The third-order valence-electron chi connectivity index (χ3n) is 6.69. The summed E-state index contributed by atoms with van der Waals surface area (Å²) >= 11 is 0. The number of amides is 1. The summed E-state index contributed by atoms with van der Waals surface area (Å²) in [6.45, 7) is 10.0. The van der Waals surface area contributed by atoms with Gasteiger partial charge in [-0.3, -0.25) is 0 Å². The summed E-state index contributed by atoms with van der Waals surface area (Å²) in [5.41, 5.74) is -0.885. The number of rotatable bonds is 8. The second-order valence-corrected chi connectivity index (χ2v) is 11.2. The Morgan fingerprint density at radius 3 is 2.36 bits per heavy atom. The molecule has 9 heteroatoms. The van der Waals surface area contributed by atoms with Crippen molar-refractivity contribution >= 4 is 12.1 Å². The average molecular weight is 497 g/mol. The van der Waals surface area contributed by atoms with Crippen LogP contribution < -0.4 is 39.3 Å². The summed E-state index contributed by atoms with van der Waals surface area (Å²) in [4.78, 5) is 23.7. The number of hydrogen-bond donors (Lipinski definition) is 2. The predicted octanol–water partition coefficient (Wildman–Crippen LogP) is 0.286. The van der Waals surface area contributed by atoms with Crippen LogP contribution in [0.2, 0.25) is 0 Å². The Bertz CT molecular complexity index is 864. The van der Waals surface area contributed by atoms with Crippen LogP contribution in [0.15, 0.2) is 24.3 Å². The van der Waals surface area contributed by atoms with Gasteiger partial charge in [-0.05, 0) is 97.2 Å². The molecule has 3 rings (SSSR count). The summed E-state index contributed by atoms with van der Waals surface area (Å²) in [5.74, 6) is -0.341. The largest absolute Gasteiger partial charge is 1.00 e. The Balaban J connectivity index is 0.00000456. The second-order valence-electron chi connectivity index (χ2n) is 11.2. The van der Waals surface area contributed by atoms with E-state index in [4.69, 9.17) is 14.2 Å². The van der Waals surface area contributed by atoms with Gasteiger partial charge in [-0.15, -0.1) is 0 Å². The van der Waals surface area contributed by atoms with Gasteiger partial charge in [0, 0.05) is 6.04 Å². The van der Waals surface area contributed by atoms with Crippen LogP contribution in [0, 0.1) is 0 Å². The molecule has 0 aromatic heterocycles. The van der Waals surface area contributed by atoms with Crippen LogP contribution in [0.25, 0.3) is 0 Å². The quantitative estimate of drug-likeness (QED) is 0.498. The van der Waals surface area contributed by atoms with Gasteiger partial charge in [0.1, 0.15) is 17.0 Å². The molecule has 2 aliphatic rings. The molecule has 2 atom stereocenters. The van der Waals surface area contributed by atoms with Crippen molar-refractivity contribution in [2.45, 2.75) is 108 Å². The van der Waals surface area contributed by atoms with E-state index in [1.54, 1.807) is 0 Å². The molecule has 8 nitrogen and oxygen atoms in total. The van der Waals surface area contributed by atoms with Crippen molar-refractivity contribution in [3.05, 3.63) is 29.8 Å². The number of piperidine rings is 1. The minimum atomic E-state index is -1.40. The molecule has 0 spiro atoms. The van der Waals surface area contributed by atoms with Crippen LogP contribution >= 0.6 is 0 Å². The van der Waals surface area contributed by atoms with Gasteiger partial charge < -0.3 is 34.7 Å². The van der Waals surface area contributed by atoms with Crippen molar-refractivity contribution in [1.82, 2.24) is 10.6 Å². The van der Waals surface area contributed by atoms with Crippen molar-refractivity contribution in [2.75, 3.05) is 13.2 Å². The van der Waals surface area contributed by atoms with E-state index in [1.807, 2.05) is 45.0 Å². The fraction of sp³-hybridized carbons (Fsp3) is 0.704. The monoisotopic (exact) mass is 496 g/mol. The molecule has 1 aliphatic heterocycles. The van der Waals surface area contributed by atoms with E-state index in [-0.39, 0.29) is 49.1 Å². The number of benzene rings is 1. The molecule has 0 radical (unpaired) electrons. The fourth-order valence-corrected chi connectivity index (χ4v) is 4.77. The minimum Gasteiger partial charge on any atom is -0.546 e. The molecule has 1 amide bonds. The number of aliphatic carboxylic acids is 1. The Labute approximate surface area is 227 Å². The van der Waals surface area contributed by atoms with Crippen molar-refractivity contribution in [1.29, 1.82) is 0 Å². The average Bonchev–Trinajstić information content (AvgIpc) is 2.78. The molecule has 36 heavy (non-hydrogen) atoms. The number of nitrogens with one attached hydrogen (secondary N) is 2. The molecule has 1 saturated heterocycles. The smallest absolute Gasteiger partial charge is 0.546 e. The zero-order valence-corrected chi connectivity index (χ0v) is 22.7. The fourth-order valence-electron chi connectivity index (χ4n) is 4.77. The van der Waals surface area contributed by atoms with Crippen molar-refractivity contribution in [3.8, 4) is 5.75 Å². The van der Waals surface area contributed by atoms with Gasteiger partial charge in [0.25, 0.3) is 0 Å². The van der Waals surface area contributed by atoms with Gasteiger partial charge in [0.05, 0.1) is 24.7 Å². The molecule has 2 fully saturated rings. The van der Waals surface area contributed by atoms with Gasteiger partial charge in [0.15, 0.2) is 0 Å². The third kappa shape index (κ3) is 8.99. The van der Waals surface area contributed by atoms with E-state index in [9.17, 15) is 14.7 Å².